The average Bonchev–Trinajstić information content (AvgIpc) is 2.67. The minimum absolute atomic E-state index is 0.240. The lowest BCUT2D eigenvalue weighted by atomic mass is 9.98. The number of hydrogen-bond acceptors (Lipinski definition) is 3. The quantitative estimate of drug-likeness (QED) is 0.806. The highest BCUT2D eigenvalue weighted by Gasteiger charge is 2.25. The molecule has 2 atom stereocenters. The molecule has 2 N–H and O–H groups in total. The molecule has 2 unspecified atom stereocenters. The van der Waals surface area contributed by atoms with Gasteiger partial charge in [-0.2, -0.15) is 4.39 Å². The summed E-state index contributed by atoms with van der Waals surface area (Å²) in [6.07, 6.45) is 3.10. The van der Waals surface area contributed by atoms with E-state index in [1.54, 1.807) is 0 Å². The van der Waals surface area contributed by atoms with Crippen molar-refractivity contribution in [2.75, 3.05) is 0 Å². The van der Waals surface area contributed by atoms with Gasteiger partial charge in [0, 0.05) is 6.54 Å². The maximum absolute atomic E-state index is 13.2. The predicted octanol–water partition coefficient (Wildman–Crippen LogP) is 0.817. The highest BCUT2D eigenvalue weighted by molar-refractivity contribution is 5.09. The third kappa shape index (κ3) is 2.11. The van der Waals surface area contributed by atoms with Gasteiger partial charge in [-0.1, -0.05) is 19.8 Å². The van der Waals surface area contributed by atoms with E-state index in [1.165, 1.54) is 0 Å². The molecule has 0 spiro atoms. The first-order valence-corrected chi connectivity index (χ1v) is 5.72. The van der Waals surface area contributed by atoms with Gasteiger partial charge in [-0.3, -0.25) is 14.3 Å². The smallest absolute Gasteiger partial charge is 0.331 e. The van der Waals surface area contributed by atoms with Crippen molar-refractivity contribution in [2.45, 2.75) is 32.7 Å². The number of rotatable bonds is 2. The monoisotopic (exact) mass is 242 g/mol. The molecule has 2 rings (SSSR count). The zero-order chi connectivity index (χ0) is 12.6. The summed E-state index contributed by atoms with van der Waals surface area (Å²) < 4.78 is 14.1. The van der Waals surface area contributed by atoms with Gasteiger partial charge in [-0.15, -0.1) is 0 Å². The Kier molecular flexibility index (Phi) is 3.04. The Hall–Kier alpha value is -1.59. The second-order valence-electron chi connectivity index (χ2n) is 4.68. The van der Waals surface area contributed by atoms with Crippen LogP contribution in [-0.2, 0) is 6.54 Å². The lowest BCUT2D eigenvalue weighted by molar-refractivity contribution is 0.304. The lowest BCUT2D eigenvalue weighted by Gasteiger charge is -2.17. The third-order valence-electron chi connectivity index (χ3n) is 3.57. The molecule has 1 fully saturated rings. The first-order chi connectivity index (χ1) is 8.00. The molecule has 0 radical (unpaired) electrons. The summed E-state index contributed by atoms with van der Waals surface area (Å²) >= 11 is 0. The van der Waals surface area contributed by atoms with Crippen molar-refractivity contribution in [2.24, 2.45) is 11.8 Å². The Morgan fingerprint density at radius 2 is 2.18 bits per heavy atom. The SMILES string of the molecule is CC1CCCC1Cn1c(O)c(F)c(=O)[nH]c1=O. The van der Waals surface area contributed by atoms with Crippen molar-refractivity contribution in [1.82, 2.24) is 9.55 Å². The number of aromatic nitrogens is 2. The Bertz CT molecular complexity index is 534. The maximum atomic E-state index is 13.2. The number of hydrogen-bond donors (Lipinski definition) is 2. The molecule has 0 aliphatic heterocycles. The van der Waals surface area contributed by atoms with Crippen LogP contribution in [0.25, 0.3) is 0 Å². The molecule has 0 aromatic carbocycles. The average molecular weight is 242 g/mol. The molecule has 1 aromatic heterocycles. The van der Waals surface area contributed by atoms with E-state index in [9.17, 15) is 19.1 Å². The number of nitrogens with zero attached hydrogens (tertiary/aromatic N) is 1. The number of aromatic amines is 1. The van der Waals surface area contributed by atoms with Crippen LogP contribution in [0, 0.1) is 17.7 Å². The van der Waals surface area contributed by atoms with E-state index in [0.717, 1.165) is 23.8 Å². The molecule has 0 bridgehead atoms. The molecular weight excluding hydrogens is 227 g/mol. The van der Waals surface area contributed by atoms with Gasteiger partial charge in [-0.05, 0) is 18.3 Å². The van der Waals surface area contributed by atoms with Crippen LogP contribution in [0.2, 0.25) is 0 Å². The second kappa shape index (κ2) is 4.35. The predicted molar refractivity (Wildman–Crippen MR) is 59.5 cm³/mol. The maximum Gasteiger partial charge on any atom is 0.331 e. The Morgan fingerprint density at radius 1 is 1.47 bits per heavy atom. The van der Waals surface area contributed by atoms with Gasteiger partial charge < -0.3 is 5.11 Å². The zero-order valence-electron chi connectivity index (χ0n) is 9.57. The number of halogens is 1. The third-order valence-corrected chi connectivity index (χ3v) is 3.57. The summed E-state index contributed by atoms with van der Waals surface area (Å²) in [6, 6.07) is 0. The van der Waals surface area contributed by atoms with Crippen molar-refractivity contribution in [1.29, 1.82) is 0 Å². The summed E-state index contributed by atoms with van der Waals surface area (Å²) in [5, 5.41) is 9.47. The molecule has 1 aliphatic rings. The Labute approximate surface area is 96.9 Å². The van der Waals surface area contributed by atoms with Crippen molar-refractivity contribution >= 4 is 0 Å². The Morgan fingerprint density at radius 3 is 2.76 bits per heavy atom. The van der Waals surface area contributed by atoms with Crippen molar-refractivity contribution in [3.05, 3.63) is 26.7 Å². The molecule has 17 heavy (non-hydrogen) atoms. The molecular formula is C11H15FN2O3. The lowest BCUT2D eigenvalue weighted by Crippen LogP contribution is -2.34. The molecule has 1 aliphatic carbocycles. The van der Waals surface area contributed by atoms with Gasteiger partial charge in [0.15, 0.2) is 0 Å². The summed E-state index contributed by atoms with van der Waals surface area (Å²) in [7, 11) is 0. The number of aromatic hydroxyl groups is 1. The van der Waals surface area contributed by atoms with Crippen LogP contribution in [-0.4, -0.2) is 14.7 Å². The van der Waals surface area contributed by atoms with E-state index in [-0.39, 0.29) is 12.5 Å². The van der Waals surface area contributed by atoms with Gasteiger partial charge in [0.25, 0.3) is 5.56 Å². The summed E-state index contributed by atoms with van der Waals surface area (Å²) in [6.45, 7) is 2.32. The molecule has 1 aromatic rings. The van der Waals surface area contributed by atoms with Gasteiger partial charge in [-0.25, -0.2) is 4.79 Å². The molecule has 1 saturated carbocycles. The van der Waals surface area contributed by atoms with E-state index in [1.807, 2.05) is 4.98 Å². The van der Waals surface area contributed by atoms with Gasteiger partial charge >= 0.3 is 5.69 Å². The van der Waals surface area contributed by atoms with Gasteiger partial charge in [0.05, 0.1) is 0 Å². The van der Waals surface area contributed by atoms with Crippen LogP contribution in [0.15, 0.2) is 9.59 Å². The molecule has 0 saturated heterocycles. The summed E-state index contributed by atoms with van der Waals surface area (Å²) in [4.78, 5) is 24.3. The van der Waals surface area contributed by atoms with E-state index in [4.69, 9.17) is 0 Å². The molecule has 94 valence electrons. The topological polar surface area (TPSA) is 75.1 Å². The highest BCUT2D eigenvalue weighted by Crippen LogP contribution is 2.32. The van der Waals surface area contributed by atoms with E-state index < -0.39 is 22.9 Å². The summed E-state index contributed by atoms with van der Waals surface area (Å²) in [5.74, 6) is -1.48. The van der Waals surface area contributed by atoms with Gasteiger partial charge in [0.2, 0.25) is 11.7 Å². The van der Waals surface area contributed by atoms with Crippen LogP contribution in [0.5, 0.6) is 5.88 Å². The van der Waals surface area contributed by atoms with Gasteiger partial charge in [0.1, 0.15) is 0 Å². The van der Waals surface area contributed by atoms with Crippen molar-refractivity contribution < 1.29 is 9.50 Å². The van der Waals surface area contributed by atoms with Crippen LogP contribution in [0.4, 0.5) is 4.39 Å². The normalized spacial score (nSPS) is 24.1. The van der Waals surface area contributed by atoms with E-state index >= 15 is 0 Å². The second-order valence-corrected chi connectivity index (χ2v) is 4.68. The standard InChI is InChI=1S/C11H15FN2O3/c1-6-3-2-4-7(6)5-14-10(16)8(12)9(15)13-11(14)17/h6-7,16H,2-5H2,1H3,(H,13,15,17). The first kappa shape index (κ1) is 11.9. The van der Waals surface area contributed by atoms with Crippen molar-refractivity contribution in [3.63, 3.8) is 0 Å². The van der Waals surface area contributed by atoms with Crippen LogP contribution >= 0.6 is 0 Å². The Balaban J connectivity index is 2.36. The largest absolute Gasteiger partial charge is 0.492 e. The first-order valence-electron chi connectivity index (χ1n) is 5.72. The number of nitrogens with one attached hydrogen (secondary N) is 1. The van der Waals surface area contributed by atoms with Crippen molar-refractivity contribution in [3.8, 4) is 5.88 Å². The van der Waals surface area contributed by atoms with E-state index in [2.05, 4.69) is 6.92 Å². The van der Waals surface area contributed by atoms with Crippen LogP contribution < -0.4 is 11.2 Å². The molecule has 1 heterocycles. The molecule has 5 nitrogen and oxygen atoms in total. The minimum Gasteiger partial charge on any atom is -0.492 e. The minimum atomic E-state index is -1.30. The fourth-order valence-electron chi connectivity index (χ4n) is 2.43. The molecule has 6 heteroatoms. The zero-order valence-corrected chi connectivity index (χ0v) is 9.57. The fourth-order valence-corrected chi connectivity index (χ4v) is 2.43. The summed E-state index contributed by atoms with van der Waals surface area (Å²) in [5.41, 5.74) is -1.93. The molecule has 0 amide bonds. The number of H-pyrrole nitrogens is 1. The fraction of sp³-hybridized carbons (Fsp3) is 0.636. The van der Waals surface area contributed by atoms with E-state index in [0.29, 0.717) is 5.92 Å². The van der Waals surface area contributed by atoms with Crippen LogP contribution in [0.1, 0.15) is 26.2 Å². The highest BCUT2D eigenvalue weighted by atomic mass is 19.1. The van der Waals surface area contributed by atoms with Crippen LogP contribution in [0.3, 0.4) is 0 Å².